The van der Waals surface area contributed by atoms with Crippen LogP contribution in [-0.4, -0.2) is 11.4 Å². The SMILES string of the molecule is CC1(C)Cc2c(sc(NC(=O)c3cc4c(ccc5ccccc54)oc3=O)c2C#N)C(C)(C)N1. The number of hydrogen-bond acceptors (Lipinski definition) is 6. The normalized spacial score (nSPS) is 16.3. The van der Waals surface area contributed by atoms with Gasteiger partial charge in [0.2, 0.25) is 0 Å². The van der Waals surface area contributed by atoms with Crippen LogP contribution < -0.4 is 16.3 Å². The number of hydrogen-bond donors (Lipinski definition) is 2. The minimum Gasteiger partial charge on any atom is -0.422 e. The Morgan fingerprint density at radius 1 is 1.15 bits per heavy atom. The Morgan fingerprint density at radius 3 is 2.67 bits per heavy atom. The molecule has 0 saturated carbocycles. The zero-order valence-electron chi connectivity index (χ0n) is 18.8. The molecular weight excluding hydrogens is 434 g/mol. The molecule has 0 fully saturated rings. The fourth-order valence-corrected chi connectivity index (χ4v) is 6.16. The van der Waals surface area contributed by atoms with Crippen LogP contribution in [0.25, 0.3) is 21.7 Å². The topological polar surface area (TPSA) is 95.1 Å². The van der Waals surface area contributed by atoms with Crippen LogP contribution in [0.4, 0.5) is 5.00 Å². The fourth-order valence-electron chi connectivity index (χ4n) is 4.93. The van der Waals surface area contributed by atoms with Crippen molar-refractivity contribution in [2.24, 2.45) is 0 Å². The highest BCUT2D eigenvalue weighted by molar-refractivity contribution is 7.17. The van der Waals surface area contributed by atoms with Crippen molar-refractivity contribution in [2.75, 3.05) is 5.32 Å². The molecule has 1 aliphatic heterocycles. The zero-order chi connectivity index (χ0) is 23.5. The van der Waals surface area contributed by atoms with Crippen molar-refractivity contribution in [1.29, 1.82) is 5.26 Å². The van der Waals surface area contributed by atoms with E-state index >= 15 is 0 Å². The van der Waals surface area contributed by atoms with Crippen LogP contribution in [0.5, 0.6) is 0 Å². The molecule has 0 saturated heterocycles. The molecule has 0 spiro atoms. The van der Waals surface area contributed by atoms with Crippen molar-refractivity contribution < 1.29 is 9.21 Å². The van der Waals surface area contributed by atoms with Crippen molar-refractivity contribution in [1.82, 2.24) is 5.32 Å². The van der Waals surface area contributed by atoms with Crippen LogP contribution in [0.2, 0.25) is 0 Å². The van der Waals surface area contributed by atoms with E-state index in [1.54, 1.807) is 12.1 Å². The van der Waals surface area contributed by atoms with Crippen LogP contribution in [0.15, 0.2) is 51.7 Å². The summed E-state index contributed by atoms with van der Waals surface area (Å²) in [5.74, 6) is -0.585. The van der Waals surface area contributed by atoms with E-state index in [-0.39, 0.29) is 16.6 Å². The lowest BCUT2D eigenvalue weighted by molar-refractivity contribution is 0.102. The third kappa shape index (κ3) is 3.52. The predicted octanol–water partition coefficient (Wildman–Crippen LogP) is 5.29. The number of nitrogens with one attached hydrogen (secondary N) is 2. The van der Waals surface area contributed by atoms with Gasteiger partial charge in [0, 0.05) is 21.3 Å². The number of nitrogens with zero attached hydrogens (tertiary/aromatic N) is 1. The molecule has 2 aromatic heterocycles. The summed E-state index contributed by atoms with van der Waals surface area (Å²) in [7, 11) is 0. The van der Waals surface area contributed by atoms with E-state index in [4.69, 9.17) is 4.42 Å². The Hall–Kier alpha value is -3.47. The molecule has 2 aromatic carbocycles. The van der Waals surface area contributed by atoms with Gasteiger partial charge in [-0.2, -0.15) is 5.26 Å². The van der Waals surface area contributed by atoms with Crippen LogP contribution in [0, 0.1) is 11.3 Å². The number of thiophene rings is 1. The smallest absolute Gasteiger partial charge is 0.349 e. The standard InChI is InChI=1S/C26H23N3O3S/c1-25(2)12-18-19(13-27)23(33-21(18)26(3,4)29-25)28-22(30)17-11-16-15-8-6-5-7-14(15)9-10-20(16)32-24(17)31/h5-11,29H,12H2,1-4H3,(H,28,30). The number of rotatable bonds is 2. The van der Waals surface area contributed by atoms with Crippen molar-refractivity contribution in [3.8, 4) is 6.07 Å². The van der Waals surface area contributed by atoms with Crippen LogP contribution >= 0.6 is 11.3 Å². The van der Waals surface area contributed by atoms with Gasteiger partial charge in [0.25, 0.3) is 5.91 Å². The number of amides is 1. The summed E-state index contributed by atoms with van der Waals surface area (Å²) in [6.07, 6.45) is 0.672. The van der Waals surface area contributed by atoms with E-state index in [2.05, 4.69) is 44.4 Å². The third-order valence-electron chi connectivity index (χ3n) is 6.07. The van der Waals surface area contributed by atoms with Gasteiger partial charge in [-0.1, -0.05) is 30.3 Å². The maximum absolute atomic E-state index is 13.2. The molecule has 3 heterocycles. The second-order valence-corrected chi connectivity index (χ2v) is 10.7. The summed E-state index contributed by atoms with van der Waals surface area (Å²) in [4.78, 5) is 26.9. The van der Waals surface area contributed by atoms with E-state index in [1.165, 1.54) is 11.3 Å². The van der Waals surface area contributed by atoms with E-state index in [0.29, 0.717) is 28.0 Å². The number of benzene rings is 2. The molecule has 2 N–H and O–H groups in total. The molecule has 0 aliphatic carbocycles. The lowest BCUT2D eigenvalue weighted by atomic mass is 9.81. The Bertz CT molecular complexity index is 1550. The summed E-state index contributed by atoms with van der Waals surface area (Å²) in [5, 5.41) is 19.4. The number of fused-ring (bicyclic) bond motifs is 4. The molecule has 33 heavy (non-hydrogen) atoms. The highest BCUT2D eigenvalue weighted by atomic mass is 32.1. The second-order valence-electron chi connectivity index (χ2n) is 9.64. The lowest BCUT2D eigenvalue weighted by Crippen LogP contribution is -2.54. The highest BCUT2D eigenvalue weighted by Gasteiger charge is 2.40. The van der Waals surface area contributed by atoms with E-state index in [1.807, 2.05) is 30.3 Å². The average Bonchev–Trinajstić information content (AvgIpc) is 3.09. The van der Waals surface area contributed by atoms with Crippen LogP contribution in [0.1, 0.15) is 54.1 Å². The van der Waals surface area contributed by atoms with Gasteiger partial charge in [0.15, 0.2) is 0 Å². The van der Waals surface area contributed by atoms with Crippen molar-refractivity contribution in [3.05, 3.63) is 74.5 Å². The molecule has 7 heteroatoms. The average molecular weight is 458 g/mol. The number of nitriles is 1. The molecule has 6 nitrogen and oxygen atoms in total. The van der Waals surface area contributed by atoms with Gasteiger partial charge in [0.05, 0.1) is 5.56 Å². The molecule has 0 radical (unpaired) electrons. The van der Waals surface area contributed by atoms with Gasteiger partial charge in [0.1, 0.15) is 22.2 Å². The molecule has 1 amide bonds. The summed E-state index contributed by atoms with van der Waals surface area (Å²) >= 11 is 1.38. The Balaban J connectivity index is 1.59. The zero-order valence-corrected chi connectivity index (χ0v) is 19.6. The van der Waals surface area contributed by atoms with Crippen molar-refractivity contribution in [3.63, 3.8) is 0 Å². The third-order valence-corrected chi connectivity index (χ3v) is 7.54. The molecule has 0 unspecified atom stereocenters. The fraction of sp³-hybridized carbons (Fsp3) is 0.269. The molecule has 0 atom stereocenters. The first-order valence-electron chi connectivity index (χ1n) is 10.7. The maximum atomic E-state index is 13.2. The molecule has 4 aromatic rings. The van der Waals surface area contributed by atoms with Gasteiger partial charge >= 0.3 is 5.63 Å². The highest BCUT2D eigenvalue weighted by Crippen LogP contribution is 2.44. The largest absolute Gasteiger partial charge is 0.422 e. The Kier molecular flexibility index (Phi) is 4.71. The maximum Gasteiger partial charge on any atom is 0.349 e. The lowest BCUT2D eigenvalue weighted by Gasteiger charge is -2.42. The first-order valence-corrected chi connectivity index (χ1v) is 11.5. The van der Waals surface area contributed by atoms with Crippen molar-refractivity contribution >= 4 is 44.0 Å². The minimum atomic E-state index is -0.710. The Labute approximate surface area is 194 Å². The summed E-state index contributed by atoms with van der Waals surface area (Å²) in [6.45, 7) is 8.33. The van der Waals surface area contributed by atoms with E-state index in [9.17, 15) is 14.9 Å². The number of carbonyl (C=O) groups excluding carboxylic acids is 1. The molecule has 5 rings (SSSR count). The first-order chi connectivity index (χ1) is 15.6. The number of anilines is 1. The van der Waals surface area contributed by atoms with Crippen molar-refractivity contribution in [2.45, 2.75) is 45.2 Å². The van der Waals surface area contributed by atoms with E-state index in [0.717, 1.165) is 21.2 Å². The van der Waals surface area contributed by atoms with Crippen LogP contribution in [0.3, 0.4) is 0 Å². The molecule has 166 valence electrons. The minimum absolute atomic E-state index is 0.0909. The summed E-state index contributed by atoms with van der Waals surface area (Å²) in [6, 6.07) is 15.2. The van der Waals surface area contributed by atoms with E-state index < -0.39 is 11.5 Å². The first kappa shape index (κ1) is 21.4. The van der Waals surface area contributed by atoms with Crippen LogP contribution in [-0.2, 0) is 12.0 Å². The quantitative estimate of drug-likeness (QED) is 0.315. The van der Waals surface area contributed by atoms with Gasteiger partial charge in [-0.3, -0.25) is 4.79 Å². The number of carbonyl (C=O) groups is 1. The molecule has 0 bridgehead atoms. The second kappa shape index (κ2) is 7.27. The summed E-state index contributed by atoms with van der Waals surface area (Å²) < 4.78 is 5.47. The Morgan fingerprint density at radius 2 is 1.91 bits per heavy atom. The molecular formula is C26H23N3O3S. The van der Waals surface area contributed by atoms with Gasteiger partial charge in [-0.15, -0.1) is 11.3 Å². The summed E-state index contributed by atoms with van der Waals surface area (Å²) in [5.41, 5.74) is 0.492. The predicted molar refractivity (Wildman–Crippen MR) is 131 cm³/mol. The van der Waals surface area contributed by atoms with Gasteiger partial charge < -0.3 is 15.1 Å². The molecule has 1 aliphatic rings. The van der Waals surface area contributed by atoms with Gasteiger partial charge in [-0.05, 0) is 62.6 Å². The monoisotopic (exact) mass is 457 g/mol. The van der Waals surface area contributed by atoms with Gasteiger partial charge in [-0.25, -0.2) is 4.79 Å².